The van der Waals surface area contributed by atoms with Gasteiger partial charge in [0.1, 0.15) is 11.3 Å². The van der Waals surface area contributed by atoms with Crippen LogP contribution in [0.3, 0.4) is 0 Å². The number of aromatic nitrogens is 4. The molecule has 0 atom stereocenters. The summed E-state index contributed by atoms with van der Waals surface area (Å²) >= 11 is 0. The van der Waals surface area contributed by atoms with Crippen molar-refractivity contribution >= 4 is 17.2 Å². The predicted molar refractivity (Wildman–Crippen MR) is 91.9 cm³/mol. The van der Waals surface area contributed by atoms with Crippen molar-refractivity contribution in [2.24, 2.45) is 0 Å². The van der Waals surface area contributed by atoms with Gasteiger partial charge in [0.15, 0.2) is 0 Å². The van der Waals surface area contributed by atoms with Crippen molar-refractivity contribution in [3.8, 4) is 11.3 Å². The SMILES string of the molecule is Cc1nc2ccccn2c1C(=O)Nc1ccc(-c2ccn[nH]2)cc1. The van der Waals surface area contributed by atoms with Gasteiger partial charge in [-0.1, -0.05) is 18.2 Å². The maximum atomic E-state index is 12.6. The molecular weight excluding hydrogens is 302 g/mol. The molecule has 118 valence electrons. The number of hydrogen-bond donors (Lipinski definition) is 2. The summed E-state index contributed by atoms with van der Waals surface area (Å²) in [5, 5.41) is 9.78. The Bertz CT molecular complexity index is 1000. The Morgan fingerprint density at radius 2 is 1.96 bits per heavy atom. The summed E-state index contributed by atoms with van der Waals surface area (Å²) in [6, 6.07) is 15.2. The van der Waals surface area contributed by atoms with Crippen molar-refractivity contribution < 1.29 is 4.79 Å². The van der Waals surface area contributed by atoms with Crippen molar-refractivity contribution in [2.75, 3.05) is 5.32 Å². The number of imidazole rings is 1. The minimum absolute atomic E-state index is 0.180. The van der Waals surface area contributed by atoms with E-state index in [4.69, 9.17) is 0 Å². The molecule has 2 N–H and O–H groups in total. The number of pyridine rings is 1. The topological polar surface area (TPSA) is 75.1 Å². The number of aryl methyl sites for hydroxylation is 1. The average molecular weight is 317 g/mol. The molecule has 0 unspecified atom stereocenters. The van der Waals surface area contributed by atoms with E-state index in [1.54, 1.807) is 10.6 Å². The number of aromatic amines is 1. The van der Waals surface area contributed by atoms with Gasteiger partial charge in [-0.15, -0.1) is 0 Å². The van der Waals surface area contributed by atoms with Crippen LogP contribution in [-0.2, 0) is 0 Å². The summed E-state index contributed by atoms with van der Waals surface area (Å²) in [5.41, 5.74) is 4.68. The highest BCUT2D eigenvalue weighted by Crippen LogP contribution is 2.20. The normalized spacial score (nSPS) is 10.9. The van der Waals surface area contributed by atoms with Gasteiger partial charge in [-0.05, 0) is 42.8 Å². The molecule has 0 saturated carbocycles. The van der Waals surface area contributed by atoms with Gasteiger partial charge in [0.25, 0.3) is 5.91 Å². The third-order valence-electron chi connectivity index (χ3n) is 3.87. The fourth-order valence-corrected chi connectivity index (χ4v) is 2.73. The molecule has 4 rings (SSSR count). The zero-order valence-electron chi connectivity index (χ0n) is 13.0. The second-order valence-corrected chi connectivity index (χ2v) is 5.48. The fraction of sp³-hybridized carbons (Fsp3) is 0.0556. The summed E-state index contributed by atoms with van der Waals surface area (Å²) in [7, 11) is 0. The zero-order valence-corrected chi connectivity index (χ0v) is 13.0. The smallest absolute Gasteiger partial charge is 0.274 e. The Labute approximate surface area is 138 Å². The van der Waals surface area contributed by atoms with E-state index in [9.17, 15) is 4.79 Å². The zero-order chi connectivity index (χ0) is 16.5. The van der Waals surface area contributed by atoms with Gasteiger partial charge >= 0.3 is 0 Å². The van der Waals surface area contributed by atoms with Crippen LogP contribution in [-0.4, -0.2) is 25.5 Å². The number of benzene rings is 1. The number of carbonyl (C=O) groups is 1. The molecule has 6 heteroatoms. The van der Waals surface area contributed by atoms with E-state index in [1.807, 2.05) is 61.7 Å². The number of carbonyl (C=O) groups excluding carboxylic acids is 1. The van der Waals surface area contributed by atoms with E-state index in [-0.39, 0.29) is 5.91 Å². The van der Waals surface area contributed by atoms with Crippen LogP contribution in [0.15, 0.2) is 60.9 Å². The lowest BCUT2D eigenvalue weighted by atomic mass is 10.1. The third-order valence-corrected chi connectivity index (χ3v) is 3.87. The molecule has 0 radical (unpaired) electrons. The molecule has 0 saturated heterocycles. The Morgan fingerprint density at radius 3 is 2.71 bits per heavy atom. The first-order valence-electron chi connectivity index (χ1n) is 7.57. The molecular formula is C18H15N5O. The van der Waals surface area contributed by atoms with E-state index >= 15 is 0 Å². The number of rotatable bonds is 3. The number of nitrogens with one attached hydrogen (secondary N) is 2. The molecule has 0 bridgehead atoms. The van der Waals surface area contributed by atoms with Gasteiger partial charge in [-0.3, -0.25) is 14.3 Å². The van der Waals surface area contributed by atoms with Crippen LogP contribution in [0.2, 0.25) is 0 Å². The van der Waals surface area contributed by atoms with Crippen molar-refractivity contribution in [1.29, 1.82) is 0 Å². The fourth-order valence-electron chi connectivity index (χ4n) is 2.73. The standard InChI is InChI=1S/C18H15N5O/c1-12-17(23-11-3-2-4-16(23)20-12)18(24)21-14-7-5-13(6-8-14)15-9-10-19-22-15/h2-11H,1H3,(H,19,22)(H,21,24). The Balaban J connectivity index is 1.60. The Morgan fingerprint density at radius 1 is 1.12 bits per heavy atom. The average Bonchev–Trinajstić information content (AvgIpc) is 3.22. The molecule has 0 spiro atoms. The summed E-state index contributed by atoms with van der Waals surface area (Å²) in [4.78, 5) is 17.1. The third kappa shape index (κ3) is 2.44. The molecule has 0 fully saturated rings. The number of amides is 1. The minimum Gasteiger partial charge on any atom is -0.321 e. The van der Waals surface area contributed by atoms with E-state index < -0.39 is 0 Å². The lowest BCUT2D eigenvalue weighted by molar-refractivity contribution is 0.102. The molecule has 3 aromatic heterocycles. The number of nitrogens with zero attached hydrogens (tertiary/aromatic N) is 3. The van der Waals surface area contributed by atoms with E-state index in [0.29, 0.717) is 11.4 Å². The minimum atomic E-state index is -0.180. The molecule has 24 heavy (non-hydrogen) atoms. The first-order valence-corrected chi connectivity index (χ1v) is 7.57. The van der Waals surface area contributed by atoms with Gasteiger partial charge in [-0.25, -0.2) is 4.98 Å². The highest BCUT2D eigenvalue weighted by molar-refractivity contribution is 6.04. The number of hydrogen-bond acceptors (Lipinski definition) is 3. The second-order valence-electron chi connectivity index (χ2n) is 5.48. The van der Waals surface area contributed by atoms with Crippen molar-refractivity contribution in [1.82, 2.24) is 19.6 Å². The second kappa shape index (κ2) is 5.66. The van der Waals surface area contributed by atoms with Gasteiger partial charge < -0.3 is 5.32 Å². The van der Waals surface area contributed by atoms with Crippen LogP contribution >= 0.6 is 0 Å². The van der Waals surface area contributed by atoms with Crippen LogP contribution in [0.4, 0.5) is 5.69 Å². The van der Waals surface area contributed by atoms with E-state index in [0.717, 1.165) is 22.6 Å². The van der Waals surface area contributed by atoms with Gasteiger partial charge in [0, 0.05) is 18.1 Å². The Hall–Kier alpha value is -3.41. The van der Waals surface area contributed by atoms with Gasteiger partial charge in [0.05, 0.1) is 11.4 Å². The summed E-state index contributed by atoms with van der Waals surface area (Å²) in [6.45, 7) is 1.84. The first kappa shape index (κ1) is 14.2. The van der Waals surface area contributed by atoms with E-state index in [1.165, 1.54) is 0 Å². The molecule has 0 aliphatic carbocycles. The van der Waals surface area contributed by atoms with E-state index in [2.05, 4.69) is 20.5 Å². The van der Waals surface area contributed by atoms with Crippen molar-refractivity contribution in [3.05, 3.63) is 72.3 Å². The quantitative estimate of drug-likeness (QED) is 0.609. The molecule has 1 amide bonds. The number of fused-ring (bicyclic) bond motifs is 1. The molecule has 6 nitrogen and oxygen atoms in total. The van der Waals surface area contributed by atoms with Crippen LogP contribution in [0, 0.1) is 6.92 Å². The molecule has 0 aliphatic rings. The predicted octanol–water partition coefficient (Wildman–Crippen LogP) is 3.29. The van der Waals surface area contributed by atoms with Crippen LogP contribution in [0.25, 0.3) is 16.9 Å². The van der Waals surface area contributed by atoms with Gasteiger partial charge in [-0.2, -0.15) is 5.10 Å². The van der Waals surface area contributed by atoms with Crippen LogP contribution < -0.4 is 5.32 Å². The maximum Gasteiger partial charge on any atom is 0.274 e. The highest BCUT2D eigenvalue weighted by atomic mass is 16.2. The highest BCUT2D eigenvalue weighted by Gasteiger charge is 2.16. The lowest BCUT2D eigenvalue weighted by Gasteiger charge is -2.07. The molecule has 3 heterocycles. The maximum absolute atomic E-state index is 12.6. The monoisotopic (exact) mass is 317 g/mol. The molecule has 1 aromatic carbocycles. The number of anilines is 1. The lowest BCUT2D eigenvalue weighted by Crippen LogP contribution is -2.15. The van der Waals surface area contributed by atoms with Gasteiger partial charge in [0.2, 0.25) is 0 Å². The van der Waals surface area contributed by atoms with Crippen LogP contribution in [0.5, 0.6) is 0 Å². The Kier molecular flexibility index (Phi) is 3.35. The molecule has 0 aliphatic heterocycles. The molecule has 4 aromatic rings. The van der Waals surface area contributed by atoms with Crippen LogP contribution in [0.1, 0.15) is 16.2 Å². The number of H-pyrrole nitrogens is 1. The summed E-state index contributed by atoms with van der Waals surface area (Å²) in [5.74, 6) is -0.180. The summed E-state index contributed by atoms with van der Waals surface area (Å²) in [6.07, 6.45) is 3.55. The summed E-state index contributed by atoms with van der Waals surface area (Å²) < 4.78 is 1.80. The van der Waals surface area contributed by atoms with Crippen molar-refractivity contribution in [3.63, 3.8) is 0 Å². The largest absolute Gasteiger partial charge is 0.321 e. The first-order chi connectivity index (χ1) is 11.7. The van der Waals surface area contributed by atoms with Crippen molar-refractivity contribution in [2.45, 2.75) is 6.92 Å².